The fourth-order valence-corrected chi connectivity index (χ4v) is 6.12. The van der Waals surface area contributed by atoms with Crippen LogP contribution in [0.25, 0.3) is 11.0 Å². The van der Waals surface area contributed by atoms with E-state index in [4.69, 9.17) is 14.9 Å². The number of hydrogen-bond donors (Lipinski definition) is 3. The van der Waals surface area contributed by atoms with Crippen LogP contribution in [0.4, 0.5) is 0 Å². The highest BCUT2D eigenvalue weighted by molar-refractivity contribution is 5.81. The summed E-state index contributed by atoms with van der Waals surface area (Å²) in [5, 5.41) is 25.3. The molecule has 10 heteroatoms. The number of carbonyl (C=O) groups is 1. The number of methoxy groups -OCH3 is 1. The number of aryl methyl sites for hydroxylation is 1. The molecule has 0 bridgehead atoms. The van der Waals surface area contributed by atoms with Crippen LogP contribution in [-0.4, -0.2) is 54.1 Å². The van der Waals surface area contributed by atoms with Crippen LogP contribution in [0.1, 0.15) is 83.8 Å². The van der Waals surface area contributed by atoms with Crippen LogP contribution < -0.4 is 11.1 Å². The second-order valence-electron chi connectivity index (χ2n) is 12.8. The van der Waals surface area contributed by atoms with E-state index < -0.39 is 23.3 Å². The Kier molecular flexibility index (Phi) is 13.1. The largest absolute Gasteiger partial charge is 0.464 e. The molecule has 3 rings (SSSR count). The third-order valence-corrected chi connectivity index (χ3v) is 8.92. The van der Waals surface area contributed by atoms with Gasteiger partial charge in [-0.15, -0.1) is 10.1 Å². The second kappa shape index (κ2) is 16.2. The van der Waals surface area contributed by atoms with Gasteiger partial charge in [0.2, 0.25) is 5.91 Å². The number of fused-ring (bicyclic) bond motifs is 1. The number of hydrogen-bond acceptors (Lipinski definition) is 8. The lowest BCUT2D eigenvalue weighted by molar-refractivity contribution is -0.769. The molecule has 10 nitrogen and oxygen atoms in total. The molecule has 0 saturated heterocycles. The molecule has 1 aliphatic carbocycles. The normalized spacial score (nSPS) is 20.4. The van der Waals surface area contributed by atoms with E-state index in [1.54, 1.807) is 7.11 Å². The monoisotopic (exact) mass is 589 g/mol. The summed E-state index contributed by atoms with van der Waals surface area (Å²) in [7, 11) is 1.71. The Balaban J connectivity index is 1.57. The number of aliphatic hydroxyl groups is 1. The first-order chi connectivity index (χ1) is 20.0. The molecule has 1 aliphatic rings. The van der Waals surface area contributed by atoms with Crippen molar-refractivity contribution in [2.24, 2.45) is 29.4 Å². The molecular formula is C32H51N3O7. The number of furan rings is 1. The zero-order valence-corrected chi connectivity index (χ0v) is 25.9. The number of amides is 1. The Morgan fingerprint density at radius 3 is 2.50 bits per heavy atom. The van der Waals surface area contributed by atoms with Crippen LogP contribution in [0.5, 0.6) is 0 Å². The maximum Gasteiger partial charge on any atom is 0.294 e. The van der Waals surface area contributed by atoms with E-state index in [0.29, 0.717) is 51.0 Å². The minimum Gasteiger partial charge on any atom is -0.464 e. The third kappa shape index (κ3) is 9.95. The number of nitrogens with one attached hydrogen (secondary N) is 1. The van der Waals surface area contributed by atoms with Crippen molar-refractivity contribution in [2.45, 2.75) is 110 Å². The van der Waals surface area contributed by atoms with Crippen molar-refractivity contribution in [3.05, 3.63) is 45.7 Å². The summed E-state index contributed by atoms with van der Waals surface area (Å²) >= 11 is 0. The molecule has 0 unspecified atom stereocenters. The summed E-state index contributed by atoms with van der Waals surface area (Å²) in [4.78, 5) is 28.5. The fourth-order valence-electron chi connectivity index (χ4n) is 6.12. The number of ether oxygens (including phenoxy) is 1. The van der Waals surface area contributed by atoms with Crippen molar-refractivity contribution in [1.82, 2.24) is 5.32 Å². The Hall–Kier alpha value is -2.69. The van der Waals surface area contributed by atoms with Gasteiger partial charge in [-0.25, -0.2) is 0 Å². The van der Waals surface area contributed by atoms with Crippen LogP contribution >= 0.6 is 0 Å². The number of rotatable bonds is 17. The molecule has 4 atom stereocenters. The third-order valence-electron chi connectivity index (χ3n) is 8.92. The van der Waals surface area contributed by atoms with Crippen molar-refractivity contribution in [2.75, 3.05) is 13.7 Å². The topological polar surface area (TPSA) is 150 Å². The van der Waals surface area contributed by atoms with E-state index in [-0.39, 0.29) is 29.7 Å². The Morgan fingerprint density at radius 2 is 1.88 bits per heavy atom. The highest BCUT2D eigenvalue weighted by atomic mass is 17.0. The summed E-state index contributed by atoms with van der Waals surface area (Å²) in [5.41, 5.74) is 9.88. The Labute approximate surface area is 249 Å². The van der Waals surface area contributed by atoms with Crippen LogP contribution in [0.3, 0.4) is 0 Å². The van der Waals surface area contributed by atoms with E-state index in [1.165, 1.54) is 11.1 Å². The molecule has 0 aliphatic heterocycles. The lowest BCUT2D eigenvalue weighted by atomic mass is 9.80. The van der Waals surface area contributed by atoms with Crippen molar-refractivity contribution in [1.29, 1.82) is 0 Å². The smallest absolute Gasteiger partial charge is 0.294 e. The van der Waals surface area contributed by atoms with Gasteiger partial charge in [0.15, 0.2) is 0 Å². The predicted molar refractivity (Wildman–Crippen MR) is 162 cm³/mol. The Morgan fingerprint density at radius 1 is 1.17 bits per heavy atom. The molecule has 1 amide bonds. The molecule has 236 valence electrons. The number of carbonyl (C=O) groups excluding carboxylic acids is 1. The van der Waals surface area contributed by atoms with Gasteiger partial charge in [-0.2, -0.15) is 0 Å². The van der Waals surface area contributed by atoms with E-state index in [9.17, 15) is 20.0 Å². The second-order valence-corrected chi connectivity index (χ2v) is 12.8. The Bertz CT molecular complexity index is 1130. The number of nitrogens with zero attached hydrogens (tertiary/aromatic N) is 1. The summed E-state index contributed by atoms with van der Waals surface area (Å²) in [6, 6.07) is 5.86. The van der Waals surface area contributed by atoms with Crippen LogP contribution in [0.15, 0.2) is 28.9 Å². The molecule has 1 aromatic carbocycles. The van der Waals surface area contributed by atoms with Gasteiger partial charge in [0.25, 0.3) is 5.09 Å². The van der Waals surface area contributed by atoms with Crippen molar-refractivity contribution in [3.8, 4) is 0 Å². The fraction of sp³-hybridized carbons (Fsp3) is 0.719. The average molecular weight is 590 g/mol. The van der Waals surface area contributed by atoms with Crippen LogP contribution in [0, 0.1) is 33.8 Å². The number of nitrogens with two attached hydrogens (primary N) is 1. The molecular weight excluding hydrogens is 538 g/mol. The van der Waals surface area contributed by atoms with Crippen LogP contribution in [0.2, 0.25) is 0 Å². The van der Waals surface area contributed by atoms with Gasteiger partial charge >= 0.3 is 0 Å². The maximum absolute atomic E-state index is 13.2. The molecule has 1 saturated carbocycles. The zero-order chi connectivity index (χ0) is 30.8. The summed E-state index contributed by atoms with van der Waals surface area (Å²) in [6.45, 7) is 9.05. The molecule has 1 heterocycles. The molecule has 1 fully saturated rings. The van der Waals surface area contributed by atoms with E-state index in [2.05, 4.69) is 36.1 Å². The summed E-state index contributed by atoms with van der Waals surface area (Å²) in [6.07, 6.45) is 6.57. The predicted octanol–water partition coefficient (Wildman–Crippen LogP) is 5.20. The standard InChI is InChI=1S/C32H51N3O7/c1-20(2)24(15-22-8-13-31-28(16-22)23(19-41-31)7-6-14-40-5)17-29(33)30(36)18-27(21(3)4)32(37)34-25-9-11-26(12-10-25)42-35(38)39/h8,13,16,19-21,24-27,29-30,36H,6-7,9-12,14-15,17-18,33H2,1-5H3,(H,34,37)/t24-,25?,26?,27-,29-,30-/m0/s1. The van der Waals surface area contributed by atoms with Crippen molar-refractivity contribution in [3.63, 3.8) is 0 Å². The molecule has 0 radical (unpaired) electrons. The van der Waals surface area contributed by atoms with E-state index in [0.717, 1.165) is 30.2 Å². The van der Waals surface area contributed by atoms with Gasteiger partial charge in [0.05, 0.1) is 12.4 Å². The van der Waals surface area contributed by atoms with Gasteiger partial charge in [-0.05, 0) is 98.8 Å². The maximum atomic E-state index is 13.2. The quantitative estimate of drug-likeness (QED) is 0.129. The minimum atomic E-state index is -0.808. The molecule has 2 aromatic rings. The van der Waals surface area contributed by atoms with E-state index in [1.807, 2.05) is 26.2 Å². The number of aliphatic hydroxyl groups excluding tert-OH is 1. The molecule has 42 heavy (non-hydrogen) atoms. The lowest BCUT2D eigenvalue weighted by Crippen LogP contribution is -2.46. The van der Waals surface area contributed by atoms with Crippen molar-refractivity contribution < 1.29 is 29.0 Å². The molecule has 1 aromatic heterocycles. The minimum absolute atomic E-state index is 0.0293. The first-order valence-electron chi connectivity index (χ1n) is 15.5. The van der Waals surface area contributed by atoms with Gasteiger partial charge in [-0.3, -0.25) is 4.79 Å². The first-order valence-corrected chi connectivity index (χ1v) is 15.5. The van der Waals surface area contributed by atoms with E-state index >= 15 is 0 Å². The first kappa shape index (κ1) is 33.8. The average Bonchev–Trinajstić information content (AvgIpc) is 3.33. The van der Waals surface area contributed by atoms with Gasteiger partial charge in [0.1, 0.15) is 11.7 Å². The number of benzene rings is 1. The van der Waals surface area contributed by atoms with Gasteiger partial charge < -0.3 is 30.1 Å². The SMILES string of the molecule is COCCCc1coc2ccc(C[C@@H](C[C@H](N)[C@@H](O)C[C@H](C(=O)NC3CCC(O[N+](=O)[O-])CC3)C(C)C)C(C)C)cc12. The van der Waals surface area contributed by atoms with Crippen LogP contribution in [-0.2, 0) is 27.2 Å². The summed E-state index contributed by atoms with van der Waals surface area (Å²) < 4.78 is 11.0. The van der Waals surface area contributed by atoms with Crippen molar-refractivity contribution >= 4 is 16.9 Å². The lowest BCUT2D eigenvalue weighted by Gasteiger charge is -2.32. The highest BCUT2D eigenvalue weighted by Crippen LogP contribution is 2.29. The van der Waals surface area contributed by atoms with Gasteiger partial charge in [0, 0.05) is 37.1 Å². The van der Waals surface area contributed by atoms with Gasteiger partial charge in [-0.1, -0.05) is 33.8 Å². The summed E-state index contributed by atoms with van der Waals surface area (Å²) in [5.74, 6) is 0.185. The zero-order valence-electron chi connectivity index (χ0n) is 25.9. The highest BCUT2D eigenvalue weighted by Gasteiger charge is 2.32. The molecule has 0 spiro atoms. The molecule has 4 N–H and O–H groups in total.